The van der Waals surface area contributed by atoms with Crippen LogP contribution in [-0.4, -0.2) is 26.5 Å². The summed E-state index contributed by atoms with van der Waals surface area (Å²) in [5.74, 6) is 0.211. The Balaban J connectivity index is 0.00000137. The van der Waals surface area contributed by atoms with Gasteiger partial charge < -0.3 is 20.7 Å². The second-order valence-corrected chi connectivity index (χ2v) is 3.48. The van der Waals surface area contributed by atoms with Crippen LogP contribution in [0.1, 0.15) is 16.8 Å². The number of aliphatic hydroxyl groups excluding tert-OH is 1. The third-order valence-corrected chi connectivity index (χ3v) is 2.00. The van der Waals surface area contributed by atoms with Crippen molar-refractivity contribution < 1.29 is 24.8 Å². The first-order chi connectivity index (χ1) is 8.56. The molecule has 1 rings (SSSR count). The Morgan fingerprint density at radius 3 is 2.89 bits per heavy atom. The van der Waals surface area contributed by atoms with Crippen LogP contribution >= 0.6 is 10.2 Å². The molecule has 0 fully saturated rings. The van der Waals surface area contributed by atoms with Gasteiger partial charge in [-0.3, -0.25) is 10.7 Å². The Hall–Kier alpha value is -0.786. The molecule has 1 aromatic heterocycles. The molecule has 1 heterocycles. The van der Waals surface area contributed by atoms with Crippen molar-refractivity contribution in [2.75, 3.05) is 0 Å². The average Bonchev–Trinajstić information content (AvgIpc) is 2.37. The van der Waals surface area contributed by atoms with Gasteiger partial charge in [0.15, 0.2) is 17.3 Å². The molecule has 5 N–H and O–H groups in total. The van der Waals surface area contributed by atoms with Crippen LogP contribution in [0.15, 0.2) is 11.3 Å². The van der Waals surface area contributed by atoms with Crippen molar-refractivity contribution in [2.24, 2.45) is 10.8 Å². The summed E-state index contributed by atoms with van der Waals surface area (Å²) in [5.41, 5.74) is 10.3. The summed E-state index contributed by atoms with van der Waals surface area (Å²) in [6.45, 7) is 1.50. The molecule has 0 amide bonds. The van der Waals surface area contributed by atoms with Crippen LogP contribution in [0.4, 0.5) is 0 Å². The van der Waals surface area contributed by atoms with Gasteiger partial charge in [-0.05, 0) is 6.92 Å². The third kappa shape index (κ3) is 5.24. The van der Waals surface area contributed by atoms with Gasteiger partial charge in [0.25, 0.3) is 5.75 Å². The van der Waals surface area contributed by atoms with Crippen LogP contribution in [0.25, 0.3) is 5.43 Å². The van der Waals surface area contributed by atoms with E-state index in [1.54, 1.807) is 6.92 Å². The van der Waals surface area contributed by atoms with Gasteiger partial charge in [-0.2, -0.15) is 0 Å². The minimum absolute atomic E-state index is 0.0270. The van der Waals surface area contributed by atoms with Crippen molar-refractivity contribution >= 4 is 33.7 Å². The molecule has 103 valence electrons. The fourth-order valence-electron chi connectivity index (χ4n) is 1.08. The number of nitrogens with two attached hydrogens (primary N) is 1. The summed E-state index contributed by atoms with van der Waals surface area (Å²) in [4.78, 5) is 3.97. The molecule has 1 aromatic rings. The molecule has 0 spiro atoms. The van der Waals surface area contributed by atoms with E-state index in [9.17, 15) is 0 Å². The zero-order valence-electron chi connectivity index (χ0n) is 9.37. The number of nitrogens with zero attached hydrogens (tertiary/aromatic N) is 3. The number of aliphatic hydroxyl groups is 1. The standard InChI is InChI=1S/C9H12N4O2S.ClH.Ni/c1-5-8(15)7(3-12-13-9(10)16)6(4-14)2-11-5;;/h2-3,14H,4H2,1H3,(H4,10,11,12,13,15,16);1H;/q;;+1. The Bertz CT molecular complexity index is 445. The third-order valence-electron chi connectivity index (χ3n) is 1.91. The molecule has 0 saturated carbocycles. The molecular weight excluding hydrogens is 322 g/mol. The summed E-state index contributed by atoms with van der Waals surface area (Å²) < 4.78 is 0. The molecule has 0 atom stereocenters. The van der Waals surface area contributed by atoms with E-state index >= 15 is 0 Å². The van der Waals surface area contributed by atoms with Crippen molar-refractivity contribution in [2.45, 2.75) is 13.5 Å². The number of pyridine rings is 1. The van der Waals surface area contributed by atoms with Gasteiger partial charge >= 0.3 is 24.8 Å². The monoisotopic (exact) mass is 334 g/mol. The summed E-state index contributed by atoms with van der Waals surface area (Å²) in [5, 5.41) is 20.5. The van der Waals surface area contributed by atoms with Gasteiger partial charge in [-0.15, -0.1) is 0 Å². The van der Waals surface area contributed by atoms with Gasteiger partial charge in [-0.1, -0.05) is 0 Å². The van der Waals surface area contributed by atoms with Gasteiger partial charge in [0.2, 0.25) is 0 Å². The molecule has 0 radical (unpaired) electrons. The molecule has 0 aliphatic rings. The second kappa shape index (κ2) is 9.18. The fourth-order valence-corrected chi connectivity index (χ4v) is 1.14. The summed E-state index contributed by atoms with van der Waals surface area (Å²) in [6.07, 6.45) is 2.86. The molecule has 18 heavy (non-hydrogen) atoms. The molecule has 0 bridgehead atoms. The van der Waals surface area contributed by atoms with E-state index in [1.165, 1.54) is 12.4 Å². The SMILES string of the molecule is Cc1ncc(CO)c(C=N[N-]C(N)=[SH+])c1[OH2+].[Cl][Ni]. The average molecular weight is 335 g/mol. The zero-order chi connectivity index (χ0) is 14.1. The first-order valence-corrected chi connectivity index (χ1v) is 6.35. The first kappa shape index (κ1) is 17.2. The predicted octanol–water partition coefficient (Wildman–Crippen LogP) is 0.0401. The maximum absolute atomic E-state index is 9.08. The molecule has 0 unspecified atom stereocenters. The van der Waals surface area contributed by atoms with E-state index < -0.39 is 0 Å². The van der Waals surface area contributed by atoms with Gasteiger partial charge in [0.1, 0.15) is 5.69 Å². The van der Waals surface area contributed by atoms with Crippen molar-refractivity contribution in [1.82, 2.24) is 4.98 Å². The van der Waals surface area contributed by atoms with E-state index in [1.807, 2.05) is 0 Å². The van der Waals surface area contributed by atoms with E-state index in [0.717, 1.165) is 0 Å². The van der Waals surface area contributed by atoms with E-state index in [4.69, 9.17) is 15.9 Å². The second-order valence-electron chi connectivity index (χ2n) is 3.02. The Kier molecular flexibility index (Phi) is 8.78. The minimum atomic E-state index is -0.208. The predicted molar refractivity (Wildman–Crippen MR) is 72.7 cm³/mol. The van der Waals surface area contributed by atoms with Crippen LogP contribution in [0.3, 0.4) is 0 Å². The fraction of sp³-hybridized carbons (Fsp3) is 0.222. The summed E-state index contributed by atoms with van der Waals surface area (Å²) in [6, 6.07) is 0. The number of hydrogen-bond acceptors (Lipinski definition) is 3. The van der Waals surface area contributed by atoms with Crippen LogP contribution in [0.2, 0.25) is 0 Å². The quantitative estimate of drug-likeness (QED) is 0.203. The van der Waals surface area contributed by atoms with E-state index in [0.29, 0.717) is 16.8 Å². The topological polar surface area (TPSA) is 108 Å². The normalized spacial score (nSPS) is 9.89. The number of thiol groups is 1. The molecule has 6 nitrogen and oxygen atoms in total. The van der Waals surface area contributed by atoms with Crippen molar-refractivity contribution in [3.8, 4) is 5.75 Å². The van der Waals surface area contributed by atoms with Crippen LogP contribution in [0, 0.1) is 6.92 Å². The number of rotatable bonds is 3. The summed E-state index contributed by atoms with van der Waals surface area (Å²) in [7, 11) is 4.26. The van der Waals surface area contributed by atoms with E-state index in [-0.39, 0.29) is 17.5 Å². The van der Waals surface area contributed by atoms with Gasteiger partial charge in [-0.25, -0.2) is 0 Å². The van der Waals surface area contributed by atoms with Crippen molar-refractivity contribution in [3.05, 3.63) is 28.4 Å². The van der Waals surface area contributed by atoms with Crippen LogP contribution in [-0.2, 0) is 33.4 Å². The maximum atomic E-state index is 9.08. The Labute approximate surface area is 122 Å². The molecule has 0 aromatic carbocycles. The first-order valence-electron chi connectivity index (χ1n) is 4.54. The zero-order valence-corrected chi connectivity index (χ0v) is 12.0. The Morgan fingerprint density at radius 1 is 1.78 bits per heavy atom. The number of hydrogen-bond donors (Lipinski definition) is 2. The number of aryl methyl sites for hydroxylation is 1. The Morgan fingerprint density at radius 2 is 2.39 bits per heavy atom. The van der Waals surface area contributed by atoms with Crippen molar-refractivity contribution in [3.63, 3.8) is 0 Å². The molecule has 0 aliphatic carbocycles. The van der Waals surface area contributed by atoms with E-state index in [2.05, 4.69) is 52.5 Å². The van der Waals surface area contributed by atoms with Crippen molar-refractivity contribution in [1.29, 1.82) is 0 Å². The number of halogens is 1. The molecule has 0 aliphatic heterocycles. The van der Waals surface area contributed by atoms with Crippen LogP contribution in [0.5, 0.6) is 5.75 Å². The van der Waals surface area contributed by atoms with Crippen LogP contribution < -0.4 is 5.73 Å². The molecule has 0 saturated heterocycles. The number of aromatic nitrogens is 1. The van der Waals surface area contributed by atoms with Gasteiger partial charge in [0.05, 0.1) is 12.2 Å². The molecule has 9 heteroatoms. The summed E-state index contributed by atoms with van der Waals surface area (Å²) >= 11 is 7.09. The molecular formula is C9H13ClN4NiO2S+. The van der Waals surface area contributed by atoms with Gasteiger partial charge in [0, 0.05) is 18.0 Å².